The fourth-order valence-corrected chi connectivity index (χ4v) is 2.77. The normalized spacial score (nSPS) is 14.5. The van der Waals surface area contributed by atoms with Gasteiger partial charge in [0.2, 0.25) is 11.9 Å². The van der Waals surface area contributed by atoms with Gasteiger partial charge in [0.1, 0.15) is 5.82 Å². The van der Waals surface area contributed by atoms with Crippen LogP contribution in [0.25, 0.3) is 0 Å². The van der Waals surface area contributed by atoms with Crippen LogP contribution in [0.5, 0.6) is 0 Å². The molecule has 0 spiro atoms. The summed E-state index contributed by atoms with van der Waals surface area (Å²) in [6.45, 7) is 2.34. The van der Waals surface area contributed by atoms with E-state index in [0.717, 1.165) is 30.3 Å². The average Bonchev–Trinajstić information content (AvgIpc) is 2.63. The third-order valence-electron chi connectivity index (χ3n) is 4.08. The summed E-state index contributed by atoms with van der Waals surface area (Å²) in [6.07, 6.45) is 5.56. The van der Waals surface area contributed by atoms with Gasteiger partial charge in [-0.25, -0.2) is 14.4 Å². The first kappa shape index (κ1) is 16.4. The van der Waals surface area contributed by atoms with Crippen molar-refractivity contribution in [2.75, 3.05) is 18.0 Å². The van der Waals surface area contributed by atoms with E-state index in [0.29, 0.717) is 6.54 Å². The highest BCUT2D eigenvalue weighted by atomic mass is 19.1. The van der Waals surface area contributed by atoms with Crippen LogP contribution in [0.4, 0.5) is 10.3 Å². The van der Waals surface area contributed by atoms with Crippen molar-refractivity contribution in [2.45, 2.75) is 32.2 Å². The summed E-state index contributed by atoms with van der Waals surface area (Å²) in [5.74, 6) is 0.324. The van der Waals surface area contributed by atoms with Crippen LogP contribution in [0.3, 0.4) is 0 Å². The molecule has 3 rings (SSSR count). The summed E-state index contributed by atoms with van der Waals surface area (Å²) in [5.41, 5.74) is 1.57. The van der Waals surface area contributed by atoms with Gasteiger partial charge < -0.3 is 10.2 Å². The van der Waals surface area contributed by atoms with Crippen molar-refractivity contribution >= 4 is 11.9 Å². The second-order valence-electron chi connectivity index (χ2n) is 5.98. The van der Waals surface area contributed by atoms with Gasteiger partial charge in [-0.3, -0.25) is 4.79 Å². The molecular weight excluding hydrogens is 307 g/mol. The van der Waals surface area contributed by atoms with Crippen LogP contribution in [-0.2, 0) is 17.8 Å². The van der Waals surface area contributed by atoms with E-state index in [4.69, 9.17) is 0 Å². The van der Waals surface area contributed by atoms with Crippen molar-refractivity contribution in [3.63, 3.8) is 0 Å². The molecule has 0 unspecified atom stereocenters. The number of rotatable bonds is 5. The Labute approximate surface area is 140 Å². The predicted molar refractivity (Wildman–Crippen MR) is 90.0 cm³/mol. The van der Waals surface area contributed by atoms with Gasteiger partial charge in [-0.05, 0) is 43.0 Å². The van der Waals surface area contributed by atoms with E-state index in [2.05, 4.69) is 20.2 Å². The maximum atomic E-state index is 12.9. The Bertz CT molecular complexity index is 684. The maximum Gasteiger partial charge on any atom is 0.225 e. The monoisotopic (exact) mass is 328 g/mol. The van der Waals surface area contributed by atoms with E-state index >= 15 is 0 Å². The zero-order valence-corrected chi connectivity index (χ0v) is 13.5. The van der Waals surface area contributed by atoms with E-state index in [1.54, 1.807) is 18.3 Å². The highest BCUT2D eigenvalue weighted by Gasteiger charge is 2.13. The number of amides is 1. The Balaban J connectivity index is 1.54. The van der Waals surface area contributed by atoms with E-state index in [-0.39, 0.29) is 18.1 Å². The number of hydrogen-bond acceptors (Lipinski definition) is 4. The number of benzene rings is 1. The van der Waals surface area contributed by atoms with E-state index in [1.807, 2.05) is 6.07 Å². The number of carbonyl (C=O) groups is 1. The summed E-state index contributed by atoms with van der Waals surface area (Å²) < 4.78 is 12.9. The minimum Gasteiger partial charge on any atom is -0.350 e. The quantitative estimate of drug-likeness (QED) is 0.916. The second kappa shape index (κ2) is 7.86. The Morgan fingerprint density at radius 2 is 1.88 bits per heavy atom. The first-order chi connectivity index (χ1) is 11.7. The molecular formula is C18H21FN4O. The third-order valence-corrected chi connectivity index (χ3v) is 4.08. The van der Waals surface area contributed by atoms with Crippen molar-refractivity contribution in [3.05, 3.63) is 53.6 Å². The van der Waals surface area contributed by atoms with Crippen LogP contribution in [-0.4, -0.2) is 29.0 Å². The van der Waals surface area contributed by atoms with Gasteiger partial charge >= 0.3 is 0 Å². The van der Waals surface area contributed by atoms with Gasteiger partial charge in [0.25, 0.3) is 0 Å². The molecule has 2 aromatic rings. The third kappa shape index (κ3) is 4.50. The maximum absolute atomic E-state index is 12.9. The molecule has 1 fully saturated rings. The van der Waals surface area contributed by atoms with Gasteiger partial charge in [0, 0.05) is 19.3 Å². The minimum atomic E-state index is -0.301. The number of anilines is 1. The SMILES string of the molecule is O=C(Cc1ccc(F)cc1)NCc1ccnc(N2CCCCC2)n1. The fourth-order valence-electron chi connectivity index (χ4n) is 2.77. The first-order valence-corrected chi connectivity index (χ1v) is 8.29. The molecule has 1 N–H and O–H groups in total. The Morgan fingerprint density at radius 1 is 1.12 bits per heavy atom. The molecule has 0 saturated carbocycles. The smallest absolute Gasteiger partial charge is 0.225 e. The molecule has 1 aromatic carbocycles. The number of piperidine rings is 1. The van der Waals surface area contributed by atoms with Crippen LogP contribution < -0.4 is 10.2 Å². The standard InChI is InChI=1S/C18H21FN4O/c19-15-6-4-14(5-7-15)12-17(24)21-13-16-8-9-20-18(22-16)23-10-2-1-3-11-23/h4-9H,1-3,10-13H2,(H,21,24). The fraction of sp³-hybridized carbons (Fsp3) is 0.389. The molecule has 0 aliphatic carbocycles. The summed E-state index contributed by atoms with van der Waals surface area (Å²) in [5, 5.41) is 2.85. The number of hydrogen-bond donors (Lipinski definition) is 1. The van der Waals surface area contributed by atoms with Crippen molar-refractivity contribution in [2.24, 2.45) is 0 Å². The molecule has 2 heterocycles. The summed E-state index contributed by atoms with van der Waals surface area (Å²) in [4.78, 5) is 23.1. The van der Waals surface area contributed by atoms with Gasteiger partial charge in [-0.15, -0.1) is 0 Å². The number of aromatic nitrogens is 2. The van der Waals surface area contributed by atoms with Crippen molar-refractivity contribution in [1.82, 2.24) is 15.3 Å². The molecule has 1 aliphatic rings. The Kier molecular flexibility index (Phi) is 5.36. The van der Waals surface area contributed by atoms with E-state index in [9.17, 15) is 9.18 Å². The molecule has 1 amide bonds. The van der Waals surface area contributed by atoms with Gasteiger partial charge in [-0.1, -0.05) is 12.1 Å². The lowest BCUT2D eigenvalue weighted by Crippen LogP contribution is -2.31. The van der Waals surface area contributed by atoms with Crippen LogP contribution in [0.2, 0.25) is 0 Å². The molecule has 6 heteroatoms. The molecule has 0 atom stereocenters. The predicted octanol–water partition coefficient (Wildman–Crippen LogP) is 2.46. The lowest BCUT2D eigenvalue weighted by atomic mass is 10.1. The van der Waals surface area contributed by atoms with Crippen LogP contribution >= 0.6 is 0 Å². The van der Waals surface area contributed by atoms with Crippen LogP contribution in [0.1, 0.15) is 30.5 Å². The number of nitrogens with one attached hydrogen (secondary N) is 1. The van der Waals surface area contributed by atoms with E-state index < -0.39 is 0 Å². The Morgan fingerprint density at radius 3 is 2.62 bits per heavy atom. The number of carbonyl (C=O) groups excluding carboxylic acids is 1. The number of halogens is 1. The molecule has 1 aromatic heterocycles. The molecule has 126 valence electrons. The summed E-state index contributed by atoms with van der Waals surface area (Å²) >= 11 is 0. The van der Waals surface area contributed by atoms with Crippen molar-refractivity contribution in [3.8, 4) is 0 Å². The minimum absolute atomic E-state index is 0.111. The molecule has 0 radical (unpaired) electrons. The van der Waals surface area contributed by atoms with Crippen LogP contribution in [0, 0.1) is 5.82 Å². The van der Waals surface area contributed by atoms with E-state index in [1.165, 1.54) is 31.4 Å². The molecule has 1 aliphatic heterocycles. The molecule has 1 saturated heterocycles. The topological polar surface area (TPSA) is 58.1 Å². The largest absolute Gasteiger partial charge is 0.350 e. The molecule has 24 heavy (non-hydrogen) atoms. The summed E-state index contributed by atoms with van der Waals surface area (Å²) in [7, 11) is 0. The Hall–Kier alpha value is -2.50. The van der Waals surface area contributed by atoms with Gasteiger partial charge in [0.05, 0.1) is 18.7 Å². The second-order valence-corrected chi connectivity index (χ2v) is 5.98. The molecule has 0 bridgehead atoms. The number of nitrogens with zero attached hydrogens (tertiary/aromatic N) is 3. The van der Waals surface area contributed by atoms with Gasteiger partial charge in [0.15, 0.2) is 0 Å². The van der Waals surface area contributed by atoms with Crippen molar-refractivity contribution < 1.29 is 9.18 Å². The highest BCUT2D eigenvalue weighted by molar-refractivity contribution is 5.78. The van der Waals surface area contributed by atoms with Crippen LogP contribution in [0.15, 0.2) is 36.5 Å². The lowest BCUT2D eigenvalue weighted by molar-refractivity contribution is -0.120. The highest BCUT2D eigenvalue weighted by Crippen LogP contribution is 2.15. The average molecular weight is 328 g/mol. The lowest BCUT2D eigenvalue weighted by Gasteiger charge is -2.26. The van der Waals surface area contributed by atoms with Crippen molar-refractivity contribution in [1.29, 1.82) is 0 Å². The first-order valence-electron chi connectivity index (χ1n) is 8.29. The summed E-state index contributed by atoms with van der Waals surface area (Å²) in [6, 6.07) is 7.77. The van der Waals surface area contributed by atoms with Gasteiger partial charge in [-0.2, -0.15) is 0 Å². The zero-order chi connectivity index (χ0) is 16.8. The zero-order valence-electron chi connectivity index (χ0n) is 13.5. The molecule has 5 nitrogen and oxygen atoms in total.